The molecule has 0 saturated carbocycles. The van der Waals surface area contributed by atoms with Gasteiger partial charge in [-0.15, -0.1) is 0 Å². The summed E-state index contributed by atoms with van der Waals surface area (Å²) in [5.41, 5.74) is 0.989. The summed E-state index contributed by atoms with van der Waals surface area (Å²) in [4.78, 5) is 2.55. The van der Waals surface area contributed by atoms with Crippen LogP contribution in [0.15, 0.2) is 23.8 Å². The van der Waals surface area contributed by atoms with Crippen LogP contribution < -0.4 is 0 Å². The Morgan fingerprint density at radius 2 is 2.12 bits per heavy atom. The topological polar surface area (TPSA) is 27.0 Å². The molecular formula is C14H20N2. The molecule has 0 N–H and O–H groups in total. The highest BCUT2D eigenvalue weighted by atomic mass is 15.1. The van der Waals surface area contributed by atoms with Crippen molar-refractivity contribution in [1.29, 1.82) is 5.26 Å². The molecule has 0 bridgehead atoms. The fourth-order valence-electron chi connectivity index (χ4n) is 2.75. The molecule has 86 valence electrons. The first-order chi connectivity index (χ1) is 7.72. The van der Waals surface area contributed by atoms with Crippen LogP contribution in [0.3, 0.4) is 0 Å². The van der Waals surface area contributed by atoms with Crippen molar-refractivity contribution in [2.24, 2.45) is 5.41 Å². The first kappa shape index (κ1) is 11.4. The molecule has 16 heavy (non-hydrogen) atoms. The van der Waals surface area contributed by atoms with Crippen LogP contribution in [0, 0.1) is 16.7 Å². The van der Waals surface area contributed by atoms with Crippen LogP contribution in [0.25, 0.3) is 0 Å². The van der Waals surface area contributed by atoms with Crippen LogP contribution in [-0.4, -0.2) is 24.5 Å². The third-order valence-corrected chi connectivity index (χ3v) is 3.55. The number of allylic oxidation sites excluding steroid dienone is 3. The predicted octanol–water partition coefficient (Wildman–Crippen LogP) is 2.89. The summed E-state index contributed by atoms with van der Waals surface area (Å²) in [5, 5.41) is 8.95. The fraction of sp³-hybridized carbons (Fsp3) is 0.643. The van der Waals surface area contributed by atoms with Gasteiger partial charge in [0.1, 0.15) is 0 Å². The summed E-state index contributed by atoms with van der Waals surface area (Å²) in [6.07, 6.45) is 11.4. The average Bonchev–Trinajstić information content (AvgIpc) is 2.29. The van der Waals surface area contributed by atoms with Crippen LogP contribution in [0.2, 0.25) is 0 Å². The molecule has 2 heteroatoms. The first-order valence-corrected chi connectivity index (χ1v) is 6.24. The van der Waals surface area contributed by atoms with Gasteiger partial charge in [0.25, 0.3) is 0 Å². The van der Waals surface area contributed by atoms with E-state index in [9.17, 15) is 0 Å². The quantitative estimate of drug-likeness (QED) is 0.709. The van der Waals surface area contributed by atoms with Crippen molar-refractivity contribution >= 4 is 0 Å². The Bertz CT molecular complexity index is 342. The molecule has 2 nitrogen and oxygen atoms in total. The number of hydrogen-bond acceptors (Lipinski definition) is 2. The SMILES string of the molecule is C[C@]1(CN2CCCCC2)C=C(C#N)C=CC1. The highest BCUT2D eigenvalue weighted by Gasteiger charge is 2.26. The van der Waals surface area contributed by atoms with Crippen LogP contribution in [0.5, 0.6) is 0 Å². The second kappa shape index (κ2) is 4.84. The molecule has 1 aliphatic carbocycles. The van der Waals surface area contributed by atoms with Crippen molar-refractivity contribution in [2.45, 2.75) is 32.6 Å². The molecule has 1 aliphatic heterocycles. The second-order valence-corrected chi connectivity index (χ2v) is 5.31. The van der Waals surface area contributed by atoms with E-state index in [2.05, 4.69) is 30.0 Å². The van der Waals surface area contributed by atoms with Gasteiger partial charge in [0.2, 0.25) is 0 Å². The van der Waals surface area contributed by atoms with Crippen LogP contribution in [0.4, 0.5) is 0 Å². The van der Waals surface area contributed by atoms with E-state index in [0.29, 0.717) is 0 Å². The molecule has 0 aromatic rings. The van der Waals surface area contributed by atoms with Gasteiger partial charge in [-0.1, -0.05) is 25.5 Å². The molecule has 1 heterocycles. The van der Waals surface area contributed by atoms with Gasteiger partial charge in [-0.3, -0.25) is 0 Å². The van der Waals surface area contributed by atoms with Crippen molar-refractivity contribution in [2.75, 3.05) is 19.6 Å². The molecule has 1 fully saturated rings. The lowest BCUT2D eigenvalue weighted by atomic mass is 9.81. The molecule has 0 aromatic heterocycles. The summed E-state index contributed by atoms with van der Waals surface area (Å²) in [6.45, 7) is 5.83. The molecular weight excluding hydrogens is 196 g/mol. The van der Waals surface area contributed by atoms with Crippen LogP contribution in [-0.2, 0) is 0 Å². The first-order valence-electron chi connectivity index (χ1n) is 6.24. The van der Waals surface area contributed by atoms with E-state index < -0.39 is 0 Å². The van der Waals surface area contributed by atoms with E-state index in [1.807, 2.05) is 6.08 Å². The van der Waals surface area contributed by atoms with Gasteiger partial charge < -0.3 is 4.90 Å². The number of piperidine rings is 1. The van der Waals surface area contributed by atoms with E-state index in [0.717, 1.165) is 18.5 Å². The minimum atomic E-state index is 0.164. The van der Waals surface area contributed by atoms with Gasteiger partial charge in [-0.05, 0) is 38.4 Å². The normalized spacial score (nSPS) is 30.9. The zero-order valence-corrected chi connectivity index (χ0v) is 10.1. The standard InChI is InChI=1S/C14H20N2/c1-14(7-5-6-13(10-14)11-15)12-16-8-3-2-4-9-16/h5-6,10H,2-4,7-9,12H2,1H3/t14-/m1/s1. The van der Waals surface area contributed by atoms with Crippen molar-refractivity contribution in [3.05, 3.63) is 23.8 Å². The fourth-order valence-corrected chi connectivity index (χ4v) is 2.75. The largest absolute Gasteiger partial charge is 0.302 e. The zero-order chi connectivity index (χ0) is 11.4. The Labute approximate surface area is 98.2 Å². The van der Waals surface area contributed by atoms with Gasteiger partial charge in [-0.25, -0.2) is 0 Å². The van der Waals surface area contributed by atoms with Gasteiger partial charge in [0, 0.05) is 17.5 Å². The third kappa shape index (κ3) is 2.74. The predicted molar refractivity (Wildman–Crippen MR) is 65.9 cm³/mol. The Balaban J connectivity index is 2.00. The molecule has 2 rings (SSSR count). The lowest BCUT2D eigenvalue weighted by Gasteiger charge is -2.36. The summed E-state index contributed by atoms with van der Waals surface area (Å²) >= 11 is 0. The summed E-state index contributed by atoms with van der Waals surface area (Å²) in [6, 6.07) is 2.25. The molecule has 0 unspecified atom stereocenters. The summed E-state index contributed by atoms with van der Waals surface area (Å²) < 4.78 is 0. The van der Waals surface area contributed by atoms with Crippen LogP contribution in [0.1, 0.15) is 32.6 Å². The van der Waals surface area contributed by atoms with E-state index in [-0.39, 0.29) is 5.41 Å². The Morgan fingerprint density at radius 3 is 2.81 bits per heavy atom. The van der Waals surface area contributed by atoms with Gasteiger partial charge in [-0.2, -0.15) is 5.26 Å². The Kier molecular flexibility index (Phi) is 3.46. The Morgan fingerprint density at radius 1 is 1.38 bits per heavy atom. The van der Waals surface area contributed by atoms with Gasteiger partial charge >= 0.3 is 0 Å². The maximum Gasteiger partial charge on any atom is 0.0988 e. The molecule has 1 atom stereocenters. The lowest BCUT2D eigenvalue weighted by Crippen LogP contribution is -2.38. The maximum absolute atomic E-state index is 8.95. The molecule has 0 amide bonds. The molecule has 0 radical (unpaired) electrons. The highest BCUT2D eigenvalue weighted by molar-refractivity contribution is 5.37. The zero-order valence-electron chi connectivity index (χ0n) is 10.1. The molecule has 1 saturated heterocycles. The number of hydrogen-bond donors (Lipinski definition) is 0. The van der Waals surface area contributed by atoms with Crippen molar-refractivity contribution < 1.29 is 0 Å². The maximum atomic E-state index is 8.95. The number of nitriles is 1. The van der Waals surface area contributed by atoms with Crippen molar-refractivity contribution in [3.8, 4) is 6.07 Å². The monoisotopic (exact) mass is 216 g/mol. The van der Waals surface area contributed by atoms with Crippen LogP contribution >= 0.6 is 0 Å². The molecule has 2 aliphatic rings. The highest BCUT2D eigenvalue weighted by Crippen LogP contribution is 2.31. The number of nitrogens with zero attached hydrogens (tertiary/aromatic N) is 2. The number of likely N-dealkylation sites (tertiary alicyclic amines) is 1. The minimum absolute atomic E-state index is 0.164. The van der Waals surface area contributed by atoms with E-state index >= 15 is 0 Å². The lowest BCUT2D eigenvalue weighted by molar-refractivity contribution is 0.169. The van der Waals surface area contributed by atoms with Crippen molar-refractivity contribution in [1.82, 2.24) is 4.90 Å². The van der Waals surface area contributed by atoms with E-state index in [1.165, 1.54) is 32.4 Å². The van der Waals surface area contributed by atoms with E-state index in [4.69, 9.17) is 5.26 Å². The third-order valence-electron chi connectivity index (χ3n) is 3.55. The van der Waals surface area contributed by atoms with E-state index in [1.54, 1.807) is 0 Å². The second-order valence-electron chi connectivity index (χ2n) is 5.31. The van der Waals surface area contributed by atoms with Crippen molar-refractivity contribution in [3.63, 3.8) is 0 Å². The average molecular weight is 216 g/mol. The summed E-state index contributed by atoms with van der Waals surface area (Å²) in [5.74, 6) is 0. The molecule has 0 spiro atoms. The van der Waals surface area contributed by atoms with Gasteiger partial charge in [0.05, 0.1) is 6.07 Å². The summed E-state index contributed by atoms with van der Waals surface area (Å²) in [7, 11) is 0. The molecule has 0 aromatic carbocycles. The van der Waals surface area contributed by atoms with Gasteiger partial charge in [0.15, 0.2) is 0 Å². The smallest absolute Gasteiger partial charge is 0.0988 e. The number of rotatable bonds is 2. The minimum Gasteiger partial charge on any atom is -0.302 e. The Hall–Kier alpha value is -1.07.